The molecular weight excluding hydrogens is 490 g/mol. The summed E-state index contributed by atoms with van der Waals surface area (Å²) in [6, 6.07) is 21.9. The van der Waals surface area contributed by atoms with Gasteiger partial charge < -0.3 is 19.9 Å². The number of methoxy groups -OCH3 is 2. The number of fused-ring (bicyclic) bond motifs is 2. The van der Waals surface area contributed by atoms with E-state index in [4.69, 9.17) is 19.9 Å². The second-order valence-corrected chi connectivity index (χ2v) is 10.6. The molecule has 0 radical (unpaired) electrons. The third kappa shape index (κ3) is 3.96. The number of nitriles is 1. The van der Waals surface area contributed by atoms with Gasteiger partial charge in [0.15, 0.2) is 17.3 Å². The molecule has 0 spiro atoms. The van der Waals surface area contributed by atoms with E-state index in [1.165, 1.54) is 18.5 Å². The summed E-state index contributed by atoms with van der Waals surface area (Å²) in [7, 11) is -1.17. The summed E-state index contributed by atoms with van der Waals surface area (Å²) in [5, 5.41) is 10.1. The van der Waals surface area contributed by atoms with E-state index in [0.717, 1.165) is 11.1 Å². The van der Waals surface area contributed by atoms with Gasteiger partial charge in [0.05, 0.1) is 32.4 Å². The van der Waals surface area contributed by atoms with Gasteiger partial charge in [-0.25, -0.2) is 8.42 Å². The van der Waals surface area contributed by atoms with Gasteiger partial charge in [-0.05, 0) is 42.3 Å². The molecule has 0 saturated heterocycles. The molecule has 37 heavy (non-hydrogen) atoms. The minimum Gasteiger partial charge on any atom is -0.493 e. The van der Waals surface area contributed by atoms with Crippen LogP contribution in [-0.4, -0.2) is 22.6 Å². The zero-order chi connectivity index (χ0) is 26.3. The smallest absolute Gasteiger partial charge is 0.265 e. The van der Waals surface area contributed by atoms with Gasteiger partial charge in [0.2, 0.25) is 5.88 Å². The summed E-state index contributed by atoms with van der Waals surface area (Å²) in [5.41, 5.74) is 9.62. The first-order valence-electron chi connectivity index (χ1n) is 11.5. The van der Waals surface area contributed by atoms with Crippen molar-refractivity contribution in [2.75, 3.05) is 18.5 Å². The Kier molecular flexibility index (Phi) is 6.05. The number of benzene rings is 3. The first kappa shape index (κ1) is 24.3. The van der Waals surface area contributed by atoms with E-state index in [1.807, 2.05) is 31.2 Å². The van der Waals surface area contributed by atoms with E-state index in [-0.39, 0.29) is 28.7 Å². The Morgan fingerprint density at radius 3 is 2.49 bits per heavy atom. The second kappa shape index (κ2) is 9.22. The highest BCUT2D eigenvalue weighted by molar-refractivity contribution is 7.96. The number of hydrogen-bond acceptors (Lipinski definition) is 7. The van der Waals surface area contributed by atoms with Crippen LogP contribution in [0.2, 0.25) is 0 Å². The van der Waals surface area contributed by atoms with E-state index >= 15 is 0 Å². The van der Waals surface area contributed by atoms with Gasteiger partial charge in [-0.3, -0.25) is 4.31 Å². The van der Waals surface area contributed by atoms with Crippen molar-refractivity contribution >= 4 is 21.5 Å². The lowest BCUT2D eigenvalue weighted by Crippen LogP contribution is -2.39. The molecule has 0 saturated carbocycles. The Morgan fingerprint density at radius 2 is 1.78 bits per heavy atom. The molecule has 0 bridgehead atoms. The van der Waals surface area contributed by atoms with Crippen molar-refractivity contribution in [2.45, 2.75) is 19.4 Å². The predicted octanol–water partition coefficient (Wildman–Crippen LogP) is 4.54. The van der Waals surface area contributed by atoms with Gasteiger partial charge in [-0.15, -0.1) is 0 Å². The Labute approximate surface area is 215 Å². The number of anilines is 1. The van der Waals surface area contributed by atoms with Crippen LogP contribution in [0, 0.1) is 18.3 Å². The first-order valence-corrected chi connectivity index (χ1v) is 13.0. The number of ether oxygens (including phenoxy) is 3. The molecule has 5 rings (SSSR count). The van der Waals surface area contributed by atoms with E-state index in [9.17, 15) is 13.7 Å². The fraction of sp³-hybridized carbons (Fsp3) is 0.179. The van der Waals surface area contributed by atoms with Gasteiger partial charge in [-0.1, -0.05) is 48.0 Å². The second-order valence-electron chi connectivity index (χ2n) is 8.75. The highest BCUT2D eigenvalue weighted by Crippen LogP contribution is 2.52. The molecule has 3 aromatic rings. The standard InChI is InChI=1S/C28H25N3O5S/c1-17-7-6-8-18(13-17)16-31-22-10-5-4-9-20(22)26-27(37(31,32)33)25(21(15-29)28(30)36-26)19-11-12-23(34-2)24(14-19)35-3/h4-14,25H,16,30H2,1-3H3/t25-/m1/s1. The van der Waals surface area contributed by atoms with Gasteiger partial charge >= 0.3 is 0 Å². The molecule has 0 amide bonds. The Hall–Kier alpha value is -4.42. The number of allylic oxidation sites excluding steroid dienone is 2. The maximum atomic E-state index is 14.4. The van der Waals surface area contributed by atoms with Crippen LogP contribution in [0.5, 0.6) is 11.5 Å². The number of aryl methyl sites for hydroxylation is 1. The maximum Gasteiger partial charge on any atom is 0.265 e. The molecule has 188 valence electrons. The fourth-order valence-corrected chi connectivity index (χ4v) is 6.73. The summed E-state index contributed by atoms with van der Waals surface area (Å²) in [6.07, 6.45) is 0. The summed E-state index contributed by atoms with van der Waals surface area (Å²) < 4.78 is 46.8. The predicted molar refractivity (Wildman–Crippen MR) is 140 cm³/mol. The summed E-state index contributed by atoms with van der Waals surface area (Å²) >= 11 is 0. The first-order chi connectivity index (χ1) is 17.8. The SMILES string of the molecule is COc1ccc([C@@H]2C(C#N)=C(N)OC3=C2S(=O)(=O)N(Cc2cccc(C)c2)c2ccccc23)cc1OC. The van der Waals surface area contributed by atoms with E-state index in [1.54, 1.807) is 42.5 Å². The third-order valence-electron chi connectivity index (χ3n) is 6.51. The Morgan fingerprint density at radius 1 is 1.03 bits per heavy atom. The number of nitrogens with zero attached hydrogens (tertiary/aromatic N) is 2. The maximum absolute atomic E-state index is 14.4. The van der Waals surface area contributed by atoms with E-state index in [2.05, 4.69) is 6.07 Å². The molecule has 2 N–H and O–H groups in total. The van der Waals surface area contributed by atoms with Gasteiger partial charge in [-0.2, -0.15) is 5.26 Å². The van der Waals surface area contributed by atoms with Crippen LogP contribution < -0.4 is 19.5 Å². The number of para-hydroxylation sites is 1. The summed E-state index contributed by atoms with van der Waals surface area (Å²) in [4.78, 5) is -0.0446. The average Bonchev–Trinajstić information content (AvgIpc) is 2.90. The monoisotopic (exact) mass is 515 g/mol. The molecule has 3 aromatic carbocycles. The molecule has 0 fully saturated rings. The number of hydrogen-bond donors (Lipinski definition) is 1. The molecule has 9 heteroatoms. The Balaban J connectivity index is 1.76. The molecule has 0 aromatic heterocycles. The third-order valence-corrected chi connectivity index (χ3v) is 8.39. The molecule has 2 aliphatic rings. The van der Waals surface area contributed by atoms with Crippen molar-refractivity contribution < 1.29 is 22.6 Å². The minimum absolute atomic E-state index is 0.00410. The molecule has 8 nitrogen and oxygen atoms in total. The van der Waals surface area contributed by atoms with Crippen LogP contribution in [0.4, 0.5) is 5.69 Å². The molecule has 0 aliphatic carbocycles. The zero-order valence-corrected chi connectivity index (χ0v) is 21.4. The van der Waals surface area contributed by atoms with E-state index in [0.29, 0.717) is 28.3 Å². The number of nitrogens with two attached hydrogens (primary N) is 1. The van der Waals surface area contributed by atoms with Crippen molar-refractivity contribution in [1.82, 2.24) is 0 Å². The minimum atomic E-state index is -4.17. The van der Waals surface area contributed by atoms with Crippen molar-refractivity contribution in [3.8, 4) is 17.6 Å². The molecule has 2 heterocycles. The van der Waals surface area contributed by atoms with Gasteiger partial charge in [0.1, 0.15) is 16.5 Å². The highest BCUT2D eigenvalue weighted by Gasteiger charge is 2.47. The van der Waals surface area contributed by atoms with Crippen molar-refractivity contribution in [3.63, 3.8) is 0 Å². The number of rotatable bonds is 5. The largest absolute Gasteiger partial charge is 0.493 e. The quantitative estimate of drug-likeness (QED) is 0.531. The molecular formula is C28H25N3O5S. The highest BCUT2D eigenvalue weighted by atomic mass is 32.2. The van der Waals surface area contributed by atoms with Crippen LogP contribution in [0.3, 0.4) is 0 Å². The van der Waals surface area contributed by atoms with Gasteiger partial charge in [0, 0.05) is 5.56 Å². The zero-order valence-electron chi connectivity index (χ0n) is 20.6. The van der Waals surface area contributed by atoms with Crippen LogP contribution in [0.15, 0.2) is 83.1 Å². The van der Waals surface area contributed by atoms with Crippen LogP contribution in [0.1, 0.15) is 28.2 Å². The van der Waals surface area contributed by atoms with Crippen LogP contribution in [0.25, 0.3) is 5.76 Å². The lowest BCUT2D eigenvalue weighted by molar-refractivity contribution is 0.352. The molecule has 1 atom stereocenters. The lowest BCUT2D eigenvalue weighted by atomic mass is 9.88. The van der Waals surface area contributed by atoms with Gasteiger partial charge in [0.25, 0.3) is 10.0 Å². The topological polar surface area (TPSA) is 115 Å². The van der Waals surface area contributed by atoms with Crippen LogP contribution >= 0.6 is 0 Å². The average molecular weight is 516 g/mol. The van der Waals surface area contributed by atoms with Crippen molar-refractivity contribution in [1.29, 1.82) is 5.26 Å². The number of sulfonamides is 1. The normalized spacial score (nSPS) is 17.9. The lowest BCUT2D eigenvalue weighted by Gasteiger charge is -2.38. The van der Waals surface area contributed by atoms with E-state index < -0.39 is 15.9 Å². The Bertz CT molecular complexity index is 1620. The van der Waals surface area contributed by atoms with Crippen molar-refractivity contribution in [3.05, 3.63) is 105 Å². The summed E-state index contributed by atoms with van der Waals surface area (Å²) in [5.74, 6) is -0.159. The summed E-state index contributed by atoms with van der Waals surface area (Å²) in [6.45, 7) is 2.06. The van der Waals surface area contributed by atoms with Crippen LogP contribution in [-0.2, 0) is 21.3 Å². The molecule has 0 unspecified atom stereocenters. The van der Waals surface area contributed by atoms with Crippen molar-refractivity contribution in [2.24, 2.45) is 5.73 Å². The fourth-order valence-electron chi connectivity index (χ4n) is 4.82. The molecule has 2 aliphatic heterocycles.